The number of halogens is 2. The summed E-state index contributed by atoms with van der Waals surface area (Å²) in [7, 11) is 0. The Kier molecular flexibility index (Phi) is 9.75. The molecule has 5 rings (SSSR count). The van der Waals surface area contributed by atoms with Crippen molar-refractivity contribution in [1.29, 1.82) is 0 Å². The fraction of sp³-hybridized carbons (Fsp3) is 0.222. The van der Waals surface area contributed by atoms with Crippen LogP contribution in [0.3, 0.4) is 0 Å². The summed E-state index contributed by atoms with van der Waals surface area (Å²) in [6.07, 6.45) is 9.21. The first-order valence-corrected chi connectivity index (χ1v) is 23.2. The smallest absolute Gasteiger partial charge is 1.00 e. The zero-order chi connectivity index (χ0) is 21.0. The molecule has 1 N–H and O–H groups in total. The monoisotopic (exact) mass is 660 g/mol. The van der Waals surface area contributed by atoms with E-state index in [4.69, 9.17) is 0 Å². The predicted molar refractivity (Wildman–Crippen MR) is 128 cm³/mol. The molecule has 6 heteroatoms. The number of hydrogen-bond acceptors (Lipinski definition) is 1. The molecule has 0 heterocycles. The van der Waals surface area contributed by atoms with E-state index in [1.165, 1.54) is 34.3 Å². The van der Waals surface area contributed by atoms with Crippen LogP contribution in [0, 0.1) is 5.92 Å². The Labute approximate surface area is 218 Å². The van der Waals surface area contributed by atoms with Crippen molar-refractivity contribution in [3.05, 3.63) is 102 Å². The maximum Gasteiger partial charge on any atom is -1.00 e. The minimum atomic E-state index is -2.74. The molecule has 0 aliphatic heterocycles. The van der Waals surface area contributed by atoms with Gasteiger partial charge in [0.25, 0.3) is 0 Å². The summed E-state index contributed by atoms with van der Waals surface area (Å²) in [5.41, 5.74) is 2.76. The van der Waals surface area contributed by atoms with Gasteiger partial charge in [-0.2, -0.15) is 0 Å². The molecule has 2 aliphatic carbocycles. The summed E-state index contributed by atoms with van der Waals surface area (Å²) < 4.78 is 4.24. The number of hydrogen-bond donors (Lipinski definition) is 1. The van der Waals surface area contributed by atoms with Crippen LogP contribution in [0.5, 0.6) is 0 Å². The first-order chi connectivity index (χ1) is 15.3. The van der Waals surface area contributed by atoms with Crippen LogP contribution in [0.15, 0.2) is 91.0 Å². The van der Waals surface area contributed by atoms with E-state index in [0.717, 1.165) is 12.8 Å². The molecule has 0 saturated heterocycles. The SMILES string of the molecule is O=C([NH][Hf+2]([CH]1C=Cc2ccccc21)[SiH](c1ccccc1)c1ccccc1)C1CCCC1.[Cl-].[Cl-]. The van der Waals surface area contributed by atoms with Gasteiger partial charge in [-0.3, -0.25) is 0 Å². The molecule has 0 bridgehead atoms. The van der Waals surface area contributed by atoms with Crippen molar-refractivity contribution in [2.75, 3.05) is 0 Å². The first kappa shape index (κ1) is 26.1. The van der Waals surface area contributed by atoms with E-state index in [9.17, 15) is 4.79 Å². The van der Waals surface area contributed by atoms with Crippen LogP contribution in [0.1, 0.15) is 40.5 Å². The molecule has 2 nitrogen and oxygen atoms in total. The zero-order valence-electron chi connectivity index (χ0n) is 18.5. The zero-order valence-corrected chi connectivity index (χ0v) is 24.7. The van der Waals surface area contributed by atoms with Crippen molar-refractivity contribution >= 4 is 28.3 Å². The third-order valence-electron chi connectivity index (χ3n) is 6.70. The molecule has 3 aromatic rings. The summed E-state index contributed by atoms with van der Waals surface area (Å²) in [5, 5.41) is 2.95. The Hall–Kier alpha value is -1.46. The van der Waals surface area contributed by atoms with Gasteiger partial charge >= 0.3 is 195 Å². The van der Waals surface area contributed by atoms with Crippen LogP contribution >= 0.6 is 0 Å². The van der Waals surface area contributed by atoms with Gasteiger partial charge in [-0.15, -0.1) is 0 Å². The number of rotatable bonds is 6. The van der Waals surface area contributed by atoms with Crippen molar-refractivity contribution in [2.24, 2.45) is 5.92 Å². The van der Waals surface area contributed by atoms with Crippen LogP contribution in [0.2, 0.25) is 0 Å². The fourth-order valence-electron chi connectivity index (χ4n) is 5.13. The number of benzene rings is 3. The van der Waals surface area contributed by atoms with E-state index in [0.29, 0.717) is 9.58 Å². The Bertz CT molecular complexity index is 1030. The van der Waals surface area contributed by atoms with Crippen molar-refractivity contribution in [1.82, 2.24) is 3.30 Å². The van der Waals surface area contributed by atoms with Gasteiger partial charge < -0.3 is 24.8 Å². The number of allylic oxidation sites excluding steroid dienone is 1. The molecule has 1 fully saturated rings. The third kappa shape index (κ3) is 5.79. The largest absolute Gasteiger partial charge is 1.00 e. The Morgan fingerprint density at radius 2 is 1.33 bits per heavy atom. The summed E-state index contributed by atoms with van der Waals surface area (Å²) in [6.45, 7) is 0. The van der Waals surface area contributed by atoms with Gasteiger partial charge in [0.15, 0.2) is 0 Å². The Morgan fingerprint density at radius 3 is 1.94 bits per heavy atom. The number of amides is 1. The minimum Gasteiger partial charge on any atom is -1.00 e. The maximum absolute atomic E-state index is 13.4. The molecule has 3 aromatic carbocycles. The number of fused-ring (bicyclic) bond motifs is 1. The van der Waals surface area contributed by atoms with E-state index in [1.807, 2.05) is 0 Å². The van der Waals surface area contributed by atoms with Gasteiger partial charge in [0.2, 0.25) is 0 Å². The molecule has 2 aliphatic rings. The molecule has 0 spiro atoms. The average Bonchev–Trinajstić information content (AvgIpc) is 3.51. The summed E-state index contributed by atoms with van der Waals surface area (Å²) in [6, 6.07) is 30.9. The quantitative estimate of drug-likeness (QED) is 0.310. The van der Waals surface area contributed by atoms with Crippen LogP contribution < -0.4 is 38.5 Å². The molecule has 169 valence electrons. The molecule has 1 atom stereocenters. The molecule has 1 saturated carbocycles. The van der Waals surface area contributed by atoms with Gasteiger partial charge in [-0.25, -0.2) is 0 Å². The molecule has 1 unspecified atom stereocenters. The molecule has 1 amide bonds. The summed E-state index contributed by atoms with van der Waals surface area (Å²) in [5.74, 6) is -0.974. The second-order valence-corrected chi connectivity index (χ2v) is 28.6. The van der Waals surface area contributed by atoms with Gasteiger partial charge in [0.05, 0.1) is 0 Å². The standard InChI is InChI=1S/C12H11Si.C9H7.C6H11NO.2ClH.Hf/c1-3-7-11(8-4-1)13-12-9-5-2-6-10-12;1-2-5-9-7-3-6-8(9)4-1;7-6(8)5-3-1-2-4-5;;;/h1-10,13H;1-7H;5H,1-4H2,(H2,7,8);2*1H;/q;;;;;+3/p-3. The number of nitrogens with one attached hydrogen (secondary N) is 1. The van der Waals surface area contributed by atoms with Crippen LogP contribution in [-0.2, 0) is 25.7 Å². The molecule has 0 aromatic heterocycles. The van der Waals surface area contributed by atoms with Gasteiger partial charge in [0.1, 0.15) is 0 Å². The first-order valence-electron chi connectivity index (χ1n) is 11.4. The average molecular weight is 660 g/mol. The predicted octanol–water partition coefficient (Wildman–Crippen LogP) is -1.86. The molecular formula is C27H28Cl2HfNOSi. The third-order valence-corrected chi connectivity index (χ3v) is 33.6. The van der Waals surface area contributed by atoms with Crippen molar-refractivity contribution in [3.63, 3.8) is 0 Å². The van der Waals surface area contributed by atoms with Crippen LogP contribution in [0.25, 0.3) is 6.08 Å². The Morgan fingerprint density at radius 1 is 0.788 bits per heavy atom. The molecule has 0 radical (unpaired) electrons. The molecule has 33 heavy (non-hydrogen) atoms. The van der Waals surface area contributed by atoms with E-state index >= 15 is 0 Å². The van der Waals surface area contributed by atoms with E-state index < -0.39 is 26.9 Å². The van der Waals surface area contributed by atoms with Crippen LogP contribution in [-0.4, -0.2) is 11.9 Å². The van der Waals surface area contributed by atoms with Crippen molar-refractivity contribution < 1.29 is 50.5 Å². The van der Waals surface area contributed by atoms with E-state index in [-0.39, 0.29) is 30.7 Å². The maximum atomic E-state index is 13.4. The second-order valence-electron chi connectivity index (χ2n) is 8.65. The van der Waals surface area contributed by atoms with E-state index in [2.05, 4.69) is 100 Å². The molecular weight excluding hydrogens is 632 g/mol. The van der Waals surface area contributed by atoms with Crippen LogP contribution in [0.4, 0.5) is 0 Å². The van der Waals surface area contributed by atoms with Crippen molar-refractivity contribution in [2.45, 2.75) is 29.4 Å². The summed E-state index contributed by atoms with van der Waals surface area (Å²) in [4.78, 5) is 13.4. The van der Waals surface area contributed by atoms with Gasteiger partial charge in [0, 0.05) is 0 Å². The van der Waals surface area contributed by atoms with E-state index in [1.54, 1.807) is 0 Å². The normalized spacial score (nSPS) is 16.6. The second kappa shape index (κ2) is 12.3. The minimum absolute atomic E-state index is 0. The summed E-state index contributed by atoms with van der Waals surface area (Å²) >= 11 is -2.74. The van der Waals surface area contributed by atoms with Gasteiger partial charge in [-0.05, 0) is 0 Å². The Balaban J connectivity index is 0.00000153. The topological polar surface area (TPSA) is 29.1 Å². The number of carbonyl (C=O) groups is 1. The van der Waals surface area contributed by atoms with Crippen molar-refractivity contribution in [3.8, 4) is 0 Å². The van der Waals surface area contributed by atoms with Gasteiger partial charge in [-0.1, -0.05) is 0 Å². The fourth-order valence-corrected chi connectivity index (χ4v) is 34.4. The number of carbonyl (C=O) groups excluding carboxylic acids is 1.